The number of Topliss-reactive ketones (excluding diaryl/α,β-unsaturated/α-hetero) is 1. The lowest BCUT2D eigenvalue weighted by Gasteiger charge is -2.34. The van der Waals surface area contributed by atoms with Crippen molar-refractivity contribution in [2.75, 3.05) is 5.32 Å². The van der Waals surface area contributed by atoms with E-state index in [1.807, 2.05) is 6.92 Å². The van der Waals surface area contributed by atoms with Crippen LogP contribution in [0.15, 0.2) is 35.8 Å². The molecule has 0 fully saturated rings. The van der Waals surface area contributed by atoms with Crippen LogP contribution in [0.5, 0.6) is 0 Å². The molecule has 0 unspecified atom stereocenters. The number of aromatic nitrogens is 3. The lowest BCUT2D eigenvalue weighted by molar-refractivity contribution is -0.117. The molecule has 4 rings (SSSR count). The van der Waals surface area contributed by atoms with Crippen LogP contribution in [0.1, 0.15) is 31.4 Å². The highest BCUT2D eigenvalue weighted by atomic mass is 19.1. The number of benzene rings is 1. The number of rotatable bonds is 1. The van der Waals surface area contributed by atoms with Crippen LogP contribution in [-0.4, -0.2) is 20.5 Å². The van der Waals surface area contributed by atoms with Crippen LogP contribution < -0.4 is 5.32 Å². The van der Waals surface area contributed by atoms with Gasteiger partial charge in [-0.25, -0.2) is 13.5 Å². The topological polar surface area (TPSA) is 59.8 Å². The van der Waals surface area contributed by atoms with E-state index >= 15 is 0 Å². The second-order valence-corrected chi connectivity index (χ2v) is 6.09. The number of allylic oxidation sites excluding steroid dienone is 2. The van der Waals surface area contributed by atoms with Crippen molar-refractivity contribution in [3.63, 3.8) is 0 Å². The molecule has 2 aliphatic rings. The van der Waals surface area contributed by atoms with Crippen LogP contribution in [0.4, 0.5) is 14.7 Å². The Morgan fingerprint density at radius 3 is 2.70 bits per heavy atom. The van der Waals surface area contributed by atoms with Gasteiger partial charge < -0.3 is 5.32 Å². The second-order valence-electron chi connectivity index (χ2n) is 6.09. The number of carbonyl (C=O) groups excluding carboxylic acids is 1. The van der Waals surface area contributed by atoms with Gasteiger partial charge in [0.25, 0.3) is 0 Å². The number of fused-ring (bicyclic) bond motifs is 1. The normalized spacial score (nSPS) is 23.3. The van der Waals surface area contributed by atoms with Gasteiger partial charge in [-0.15, -0.1) is 0 Å². The number of nitrogens with zero attached hydrogens (tertiary/aromatic N) is 3. The van der Waals surface area contributed by atoms with Gasteiger partial charge >= 0.3 is 0 Å². The van der Waals surface area contributed by atoms with Gasteiger partial charge in [-0.1, -0.05) is 6.92 Å². The summed E-state index contributed by atoms with van der Waals surface area (Å²) < 4.78 is 28.8. The molecular weight excluding hydrogens is 302 g/mol. The van der Waals surface area contributed by atoms with Crippen molar-refractivity contribution >= 4 is 11.7 Å². The smallest absolute Gasteiger partial charge is 0.226 e. The summed E-state index contributed by atoms with van der Waals surface area (Å²) in [5, 5.41) is 7.26. The molecule has 7 heteroatoms. The highest BCUT2D eigenvalue weighted by Gasteiger charge is 2.38. The molecule has 2 aromatic rings. The molecule has 0 bridgehead atoms. The highest BCUT2D eigenvalue weighted by Crippen LogP contribution is 2.41. The SMILES string of the molecule is C[C@@H]1CC(=O)C2=C(C1)Nc1ncnn1[C@@H]2c1cc(F)cc(F)c1. The fourth-order valence-corrected chi connectivity index (χ4v) is 3.39. The standard InChI is InChI=1S/C16H14F2N4O/c1-8-2-12-14(13(23)3-8)15(22-16(21-12)19-7-20-22)9-4-10(17)6-11(18)5-9/h4-8,15H,2-3H2,1H3,(H,19,20,21)/t8-,15+/m0/s1. The van der Waals surface area contributed by atoms with Gasteiger partial charge in [-0.2, -0.15) is 10.1 Å². The van der Waals surface area contributed by atoms with Gasteiger partial charge in [-0.3, -0.25) is 4.79 Å². The summed E-state index contributed by atoms with van der Waals surface area (Å²) in [7, 11) is 0. The van der Waals surface area contributed by atoms with Crippen LogP contribution in [0.25, 0.3) is 0 Å². The van der Waals surface area contributed by atoms with Crippen LogP contribution in [-0.2, 0) is 4.79 Å². The van der Waals surface area contributed by atoms with Crippen LogP contribution >= 0.6 is 0 Å². The highest BCUT2D eigenvalue weighted by molar-refractivity contribution is 5.99. The largest absolute Gasteiger partial charge is 0.328 e. The summed E-state index contributed by atoms with van der Waals surface area (Å²) in [5.74, 6) is -0.701. The van der Waals surface area contributed by atoms with Gasteiger partial charge in [0, 0.05) is 23.8 Å². The van der Waals surface area contributed by atoms with E-state index in [-0.39, 0.29) is 11.7 Å². The summed E-state index contributed by atoms with van der Waals surface area (Å²) in [6.45, 7) is 2.00. The first-order valence-electron chi connectivity index (χ1n) is 7.41. The van der Waals surface area contributed by atoms with E-state index in [1.165, 1.54) is 23.1 Å². The minimum Gasteiger partial charge on any atom is -0.328 e. The third-order valence-electron chi connectivity index (χ3n) is 4.27. The first kappa shape index (κ1) is 14.0. The number of anilines is 1. The third-order valence-corrected chi connectivity index (χ3v) is 4.27. The fraction of sp³-hybridized carbons (Fsp3) is 0.312. The minimum atomic E-state index is -0.682. The van der Waals surface area contributed by atoms with Crippen molar-refractivity contribution < 1.29 is 13.6 Å². The van der Waals surface area contributed by atoms with Gasteiger partial charge in [0.2, 0.25) is 5.95 Å². The zero-order valence-corrected chi connectivity index (χ0v) is 12.4. The molecule has 1 aliphatic heterocycles. The third kappa shape index (κ3) is 2.23. The summed E-state index contributed by atoms with van der Waals surface area (Å²) in [6, 6.07) is 2.63. The summed E-state index contributed by atoms with van der Waals surface area (Å²) >= 11 is 0. The van der Waals surface area contributed by atoms with Crippen molar-refractivity contribution in [2.45, 2.75) is 25.8 Å². The zero-order chi connectivity index (χ0) is 16.1. The van der Waals surface area contributed by atoms with Gasteiger partial charge in [-0.05, 0) is 30.0 Å². The van der Waals surface area contributed by atoms with E-state index in [0.29, 0.717) is 29.9 Å². The van der Waals surface area contributed by atoms with Crippen molar-refractivity contribution in [1.82, 2.24) is 14.8 Å². The lowest BCUT2D eigenvalue weighted by atomic mass is 9.81. The Kier molecular flexibility index (Phi) is 3.04. The molecule has 0 saturated carbocycles. The van der Waals surface area contributed by atoms with Gasteiger partial charge in [0.15, 0.2) is 5.78 Å². The Morgan fingerprint density at radius 2 is 1.96 bits per heavy atom. The molecule has 5 nitrogen and oxygen atoms in total. The molecule has 1 aromatic carbocycles. The Balaban J connectivity index is 1.93. The Bertz CT molecular complexity index is 822. The van der Waals surface area contributed by atoms with Crippen molar-refractivity contribution in [3.05, 3.63) is 53.0 Å². The maximum atomic E-state index is 13.7. The number of hydrogen-bond donors (Lipinski definition) is 1. The van der Waals surface area contributed by atoms with E-state index < -0.39 is 17.7 Å². The quantitative estimate of drug-likeness (QED) is 0.879. The Morgan fingerprint density at radius 1 is 1.22 bits per heavy atom. The summed E-state index contributed by atoms with van der Waals surface area (Å²) in [6.07, 6.45) is 2.47. The number of nitrogens with one attached hydrogen (secondary N) is 1. The van der Waals surface area contributed by atoms with Crippen molar-refractivity contribution in [1.29, 1.82) is 0 Å². The minimum absolute atomic E-state index is 0.0259. The zero-order valence-electron chi connectivity index (χ0n) is 12.4. The molecule has 2 atom stereocenters. The summed E-state index contributed by atoms with van der Waals surface area (Å²) in [5.41, 5.74) is 1.64. The van der Waals surface area contributed by atoms with Gasteiger partial charge in [0.05, 0.1) is 0 Å². The number of ketones is 1. The van der Waals surface area contributed by atoms with E-state index in [4.69, 9.17) is 0 Å². The van der Waals surface area contributed by atoms with Crippen molar-refractivity contribution in [2.24, 2.45) is 5.92 Å². The molecule has 0 radical (unpaired) electrons. The maximum absolute atomic E-state index is 13.7. The second kappa shape index (κ2) is 4.97. The number of halogens is 2. The van der Waals surface area contributed by atoms with E-state index in [2.05, 4.69) is 15.4 Å². The number of carbonyl (C=O) groups is 1. The molecule has 118 valence electrons. The molecule has 1 aliphatic carbocycles. The maximum Gasteiger partial charge on any atom is 0.226 e. The number of hydrogen-bond acceptors (Lipinski definition) is 4. The van der Waals surface area contributed by atoms with Crippen LogP contribution in [0.3, 0.4) is 0 Å². The predicted molar refractivity (Wildman–Crippen MR) is 78.6 cm³/mol. The molecule has 23 heavy (non-hydrogen) atoms. The summed E-state index contributed by atoms with van der Waals surface area (Å²) in [4.78, 5) is 16.7. The monoisotopic (exact) mass is 316 g/mol. The van der Waals surface area contributed by atoms with E-state index in [9.17, 15) is 13.6 Å². The molecule has 1 aromatic heterocycles. The molecule has 1 N–H and O–H groups in total. The Hall–Kier alpha value is -2.57. The molecule has 2 heterocycles. The first-order chi connectivity index (χ1) is 11.0. The average Bonchev–Trinajstić information content (AvgIpc) is 2.91. The van der Waals surface area contributed by atoms with Crippen LogP contribution in [0, 0.1) is 17.6 Å². The van der Waals surface area contributed by atoms with E-state index in [0.717, 1.165) is 11.8 Å². The first-order valence-corrected chi connectivity index (χ1v) is 7.41. The predicted octanol–water partition coefficient (Wildman–Crippen LogP) is 2.82. The average molecular weight is 316 g/mol. The fourth-order valence-electron chi connectivity index (χ4n) is 3.39. The molecule has 0 spiro atoms. The molecular formula is C16H14F2N4O. The Labute approximate surface area is 131 Å². The van der Waals surface area contributed by atoms with Crippen molar-refractivity contribution in [3.8, 4) is 0 Å². The van der Waals surface area contributed by atoms with Gasteiger partial charge in [0.1, 0.15) is 24.0 Å². The lowest BCUT2D eigenvalue weighted by Crippen LogP contribution is -2.33. The molecule has 0 saturated heterocycles. The van der Waals surface area contributed by atoms with Crippen LogP contribution in [0.2, 0.25) is 0 Å². The van der Waals surface area contributed by atoms with E-state index in [1.54, 1.807) is 0 Å². The molecule has 0 amide bonds.